The van der Waals surface area contributed by atoms with Gasteiger partial charge >= 0.3 is 0 Å². The Morgan fingerprint density at radius 3 is 2.63 bits per heavy atom. The van der Waals surface area contributed by atoms with Crippen molar-refractivity contribution in [1.29, 1.82) is 5.26 Å². The molecule has 0 amide bonds. The van der Waals surface area contributed by atoms with Crippen LogP contribution in [0.1, 0.15) is 74.7 Å². The highest BCUT2D eigenvalue weighted by atomic mass is 32.1. The number of rotatable bonds is 7. The predicted octanol–water partition coefficient (Wildman–Crippen LogP) is 5.53. The van der Waals surface area contributed by atoms with Crippen molar-refractivity contribution in [3.63, 3.8) is 0 Å². The summed E-state index contributed by atoms with van der Waals surface area (Å²) in [6, 6.07) is 10.3. The van der Waals surface area contributed by atoms with E-state index >= 15 is 0 Å². The molecule has 1 unspecified atom stereocenters. The minimum absolute atomic E-state index is 0.0149. The number of likely N-dealkylation sites (tertiary alicyclic amines) is 1. The Labute approximate surface area is 184 Å². The highest BCUT2D eigenvalue weighted by Crippen LogP contribution is 2.49. The van der Waals surface area contributed by atoms with Crippen molar-refractivity contribution >= 4 is 11.3 Å². The number of nitrogens with zero attached hydrogens (tertiary/aromatic N) is 3. The van der Waals surface area contributed by atoms with E-state index in [1.165, 1.54) is 22.7 Å². The summed E-state index contributed by atoms with van der Waals surface area (Å²) in [7, 11) is 0. The lowest BCUT2D eigenvalue weighted by molar-refractivity contribution is -0.230. The number of hydrogen-bond donors (Lipinski definition) is 0. The van der Waals surface area contributed by atoms with Crippen LogP contribution in [0.5, 0.6) is 0 Å². The summed E-state index contributed by atoms with van der Waals surface area (Å²) in [5, 5.41) is 12.5. The molecule has 1 aromatic heterocycles. The van der Waals surface area contributed by atoms with Crippen molar-refractivity contribution in [1.82, 2.24) is 9.88 Å². The van der Waals surface area contributed by atoms with Crippen molar-refractivity contribution < 1.29 is 4.74 Å². The zero-order valence-electron chi connectivity index (χ0n) is 18.6. The average molecular weight is 424 g/mol. The molecule has 2 aromatic rings. The molecular weight excluding hydrogens is 390 g/mol. The Balaban J connectivity index is 1.44. The Hall–Kier alpha value is -1.74. The second-order valence-electron chi connectivity index (χ2n) is 10.0. The number of ether oxygens (including phenoxy) is 1. The maximum atomic E-state index is 9.04. The molecule has 2 fully saturated rings. The van der Waals surface area contributed by atoms with E-state index in [2.05, 4.69) is 56.2 Å². The minimum Gasteiger partial charge on any atom is -0.372 e. The number of thiazole rings is 1. The summed E-state index contributed by atoms with van der Waals surface area (Å²) in [6.45, 7) is 12.0. The van der Waals surface area contributed by atoms with Gasteiger partial charge in [-0.1, -0.05) is 26.0 Å². The third kappa shape index (κ3) is 4.61. The fraction of sp³-hybridized carbons (Fsp3) is 0.600. The fourth-order valence-electron chi connectivity index (χ4n) is 4.90. The number of hydrogen-bond acceptors (Lipinski definition) is 5. The van der Waals surface area contributed by atoms with E-state index in [9.17, 15) is 0 Å². The summed E-state index contributed by atoms with van der Waals surface area (Å²) in [5.74, 6) is 0.491. The predicted molar refractivity (Wildman–Crippen MR) is 122 cm³/mol. The van der Waals surface area contributed by atoms with E-state index in [1.54, 1.807) is 11.3 Å². The molecular formula is C25H33N3OS. The molecule has 2 atom stereocenters. The Morgan fingerprint density at radius 1 is 1.30 bits per heavy atom. The molecule has 0 bridgehead atoms. The molecule has 5 heteroatoms. The van der Waals surface area contributed by atoms with Crippen molar-refractivity contribution in [3.8, 4) is 6.07 Å². The zero-order valence-corrected chi connectivity index (χ0v) is 19.5. The van der Waals surface area contributed by atoms with E-state index in [1.807, 2.05) is 12.1 Å². The number of aromatic nitrogens is 1. The molecule has 2 saturated heterocycles. The quantitative estimate of drug-likeness (QED) is 0.587. The van der Waals surface area contributed by atoms with Gasteiger partial charge in [-0.3, -0.25) is 4.90 Å². The maximum Gasteiger partial charge on any atom is 0.107 e. The van der Waals surface area contributed by atoms with Crippen LogP contribution in [0.2, 0.25) is 0 Å². The summed E-state index contributed by atoms with van der Waals surface area (Å²) >= 11 is 1.80. The number of aryl methyl sites for hydroxylation is 1. The van der Waals surface area contributed by atoms with Gasteiger partial charge in [-0.15, -0.1) is 11.3 Å². The van der Waals surface area contributed by atoms with Crippen LogP contribution >= 0.6 is 11.3 Å². The Kier molecular flexibility index (Phi) is 6.03. The fourth-order valence-corrected chi connectivity index (χ4v) is 5.90. The third-order valence-corrected chi connectivity index (χ3v) is 7.65. The van der Waals surface area contributed by atoms with Crippen molar-refractivity contribution in [2.24, 2.45) is 5.41 Å². The molecule has 2 aliphatic rings. The first-order chi connectivity index (χ1) is 14.3. The van der Waals surface area contributed by atoms with Crippen LogP contribution in [0.4, 0.5) is 0 Å². The lowest BCUT2D eigenvalue weighted by Crippen LogP contribution is -2.55. The first-order valence-corrected chi connectivity index (χ1v) is 12.0. The van der Waals surface area contributed by atoms with Crippen molar-refractivity contribution in [2.75, 3.05) is 13.1 Å². The van der Waals surface area contributed by atoms with Crippen LogP contribution in [0, 0.1) is 16.7 Å². The highest BCUT2D eigenvalue weighted by Gasteiger charge is 2.52. The first-order valence-electron chi connectivity index (χ1n) is 11.1. The van der Waals surface area contributed by atoms with Crippen LogP contribution in [0.3, 0.4) is 0 Å². The normalized spacial score (nSPS) is 25.9. The van der Waals surface area contributed by atoms with Crippen LogP contribution < -0.4 is 0 Å². The second kappa shape index (κ2) is 8.42. The summed E-state index contributed by atoms with van der Waals surface area (Å²) < 4.78 is 6.39. The van der Waals surface area contributed by atoms with Crippen LogP contribution in [0.15, 0.2) is 29.6 Å². The van der Waals surface area contributed by atoms with Gasteiger partial charge in [0.2, 0.25) is 0 Å². The lowest BCUT2D eigenvalue weighted by Gasteiger charge is -2.52. The van der Waals surface area contributed by atoms with E-state index < -0.39 is 0 Å². The molecule has 3 heterocycles. The van der Waals surface area contributed by atoms with Gasteiger partial charge in [0.25, 0.3) is 0 Å². The van der Waals surface area contributed by atoms with Crippen molar-refractivity contribution in [2.45, 2.75) is 77.5 Å². The largest absolute Gasteiger partial charge is 0.372 e. The van der Waals surface area contributed by atoms with Crippen LogP contribution in [-0.4, -0.2) is 34.7 Å². The maximum absolute atomic E-state index is 9.04. The van der Waals surface area contributed by atoms with Crippen LogP contribution in [-0.2, 0) is 17.7 Å². The monoisotopic (exact) mass is 423 g/mol. The molecule has 0 aliphatic carbocycles. The average Bonchev–Trinajstić information content (AvgIpc) is 3.33. The SMILES string of the molecule is CC(C)c1csc(CN2CC[C@@](CCc3ccc(C#N)cc3)(C3CC(C)(C)O3)C2)n1. The van der Waals surface area contributed by atoms with E-state index in [0.717, 1.165) is 44.5 Å². The summed E-state index contributed by atoms with van der Waals surface area (Å²) in [6.07, 6.45) is 4.84. The highest BCUT2D eigenvalue weighted by molar-refractivity contribution is 7.09. The third-order valence-electron chi connectivity index (χ3n) is 6.80. The molecule has 1 aromatic carbocycles. The Morgan fingerprint density at radius 2 is 2.03 bits per heavy atom. The molecule has 0 spiro atoms. The first kappa shape index (κ1) is 21.5. The molecule has 2 aliphatic heterocycles. The summed E-state index contributed by atoms with van der Waals surface area (Å²) in [5.41, 5.74) is 3.48. The van der Waals surface area contributed by atoms with Crippen LogP contribution in [0.25, 0.3) is 0 Å². The zero-order chi connectivity index (χ0) is 21.4. The molecule has 0 N–H and O–H groups in total. The van der Waals surface area contributed by atoms with Gasteiger partial charge < -0.3 is 4.74 Å². The molecule has 4 nitrogen and oxygen atoms in total. The van der Waals surface area contributed by atoms with Gasteiger partial charge in [0.05, 0.1) is 35.6 Å². The molecule has 4 rings (SSSR count). The molecule has 30 heavy (non-hydrogen) atoms. The van der Waals surface area contributed by atoms with Gasteiger partial charge in [-0.05, 0) is 63.3 Å². The van der Waals surface area contributed by atoms with Gasteiger partial charge in [0.1, 0.15) is 5.01 Å². The van der Waals surface area contributed by atoms with E-state index in [0.29, 0.717) is 12.0 Å². The smallest absolute Gasteiger partial charge is 0.107 e. The number of nitriles is 1. The van der Waals surface area contributed by atoms with E-state index in [-0.39, 0.29) is 11.0 Å². The van der Waals surface area contributed by atoms with Gasteiger partial charge in [-0.25, -0.2) is 4.98 Å². The molecule has 0 radical (unpaired) electrons. The van der Waals surface area contributed by atoms with Gasteiger partial charge in [-0.2, -0.15) is 5.26 Å². The summed E-state index contributed by atoms with van der Waals surface area (Å²) in [4.78, 5) is 7.43. The Bertz CT molecular complexity index is 903. The molecule has 160 valence electrons. The van der Waals surface area contributed by atoms with Gasteiger partial charge in [0.15, 0.2) is 0 Å². The minimum atomic E-state index is 0.0149. The standard InChI is InChI=1S/C25H33N3OS/c1-18(2)21-16-30-23(27-21)15-28-12-11-25(17-28,22-13-24(3,4)29-22)10-9-19-5-7-20(14-26)8-6-19/h5-8,16,18,22H,9-13,15,17H2,1-4H3/t22?,25-/m1/s1. The topological polar surface area (TPSA) is 49.2 Å². The lowest BCUT2D eigenvalue weighted by atomic mass is 9.70. The number of benzene rings is 1. The van der Waals surface area contributed by atoms with Crippen molar-refractivity contribution in [3.05, 3.63) is 51.5 Å². The van der Waals surface area contributed by atoms with E-state index in [4.69, 9.17) is 15.0 Å². The second-order valence-corrected chi connectivity index (χ2v) is 11.0. The molecule has 0 saturated carbocycles. The van der Waals surface area contributed by atoms with Gasteiger partial charge in [0, 0.05) is 23.8 Å².